The van der Waals surface area contributed by atoms with E-state index in [1.807, 2.05) is 4.90 Å². The summed E-state index contributed by atoms with van der Waals surface area (Å²) in [6.07, 6.45) is 3.17. The van der Waals surface area contributed by atoms with Gasteiger partial charge in [-0.15, -0.1) is 0 Å². The number of carbonyl (C=O) groups is 1. The molecule has 1 aliphatic heterocycles. The van der Waals surface area contributed by atoms with Crippen LogP contribution in [-0.4, -0.2) is 55.0 Å². The minimum absolute atomic E-state index is 0.142. The normalized spacial score (nSPS) is 24.1. The molecule has 0 aromatic rings. The van der Waals surface area contributed by atoms with Crippen LogP contribution < -0.4 is 5.73 Å². The molecule has 0 aromatic carbocycles. The topological polar surface area (TPSA) is 49.6 Å². The van der Waals surface area contributed by atoms with Crippen LogP contribution in [0.15, 0.2) is 0 Å². The number of hydrogen-bond acceptors (Lipinski definition) is 3. The summed E-state index contributed by atoms with van der Waals surface area (Å²) in [6.45, 7) is 5.96. The van der Waals surface area contributed by atoms with Gasteiger partial charge in [-0.1, -0.05) is 20.3 Å². The van der Waals surface area contributed by atoms with Gasteiger partial charge < -0.3 is 15.5 Å². The number of carbonyl (C=O) groups excluding carboxylic acids is 1. The molecule has 100 valence electrons. The maximum atomic E-state index is 12.3. The van der Waals surface area contributed by atoms with Crippen LogP contribution in [0.4, 0.5) is 0 Å². The van der Waals surface area contributed by atoms with Crippen molar-refractivity contribution in [3.63, 3.8) is 0 Å². The monoisotopic (exact) mass is 241 g/mol. The Morgan fingerprint density at radius 2 is 2.18 bits per heavy atom. The van der Waals surface area contributed by atoms with Crippen molar-refractivity contribution >= 4 is 5.91 Å². The molecule has 3 atom stereocenters. The van der Waals surface area contributed by atoms with Gasteiger partial charge in [-0.3, -0.25) is 4.79 Å². The number of likely N-dealkylation sites (tertiary alicyclic amines) is 1. The molecule has 1 aliphatic rings. The summed E-state index contributed by atoms with van der Waals surface area (Å²) in [5.41, 5.74) is 6.04. The van der Waals surface area contributed by atoms with E-state index in [0.29, 0.717) is 6.04 Å². The van der Waals surface area contributed by atoms with Crippen LogP contribution in [0.3, 0.4) is 0 Å². The quantitative estimate of drug-likeness (QED) is 0.778. The van der Waals surface area contributed by atoms with Crippen molar-refractivity contribution in [2.45, 2.75) is 45.2 Å². The molecule has 4 heteroatoms. The number of nitrogens with two attached hydrogens (primary N) is 1. The Hall–Kier alpha value is -0.610. The molecule has 0 aliphatic carbocycles. The third-order valence-corrected chi connectivity index (χ3v) is 3.78. The lowest BCUT2D eigenvalue weighted by Gasteiger charge is -2.31. The highest BCUT2D eigenvalue weighted by molar-refractivity contribution is 5.82. The Morgan fingerprint density at radius 1 is 1.53 bits per heavy atom. The Morgan fingerprint density at radius 3 is 2.71 bits per heavy atom. The molecule has 0 aromatic heterocycles. The van der Waals surface area contributed by atoms with E-state index >= 15 is 0 Å². The van der Waals surface area contributed by atoms with Gasteiger partial charge in [0, 0.05) is 19.1 Å². The van der Waals surface area contributed by atoms with E-state index in [2.05, 4.69) is 32.8 Å². The fourth-order valence-electron chi connectivity index (χ4n) is 2.43. The van der Waals surface area contributed by atoms with Gasteiger partial charge in [-0.25, -0.2) is 0 Å². The Kier molecular flexibility index (Phi) is 5.40. The predicted molar refractivity (Wildman–Crippen MR) is 70.7 cm³/mol. The second-order valence-electron chi connectivity index (χ2n) is 5.50. The fourth-order valence-corrected chi connectivity index (χ4v) is 2.43. The van der Waals surface area contributed by atoms with Gasteiger partial charge in [0.05, 0.1) is 6.04 Å². The van der Waals surface area contributed by atoms with Gasteiger partial charge in [0.2, 0.25) is 5.91 Å². The smallest absolute Gasteiger partial charge is 0.240 e. The zero-order chi connectivity index (χ0) is 13.0. The second-order valence-corrected chi connectivity index (χ2v) is 5.50. The summed E-state index contributed by atoms with van der Waals surface area (Å²) >= 11 is 0. The summed E-state index contributed by atoms with van der Waals surface area (Å²) < 4.78 is 0. The van der Waals surface area contributed by atoms with E-state index in [9.17, 15) is 4.79 Å². The second kappa shape index (κ2) is 6.36. The molecule has 1 rings (SSSR count). The number of amides is 1. The van der Waals surface area contributed by atoms with E-state index in [0.717, 1.165) is 32.4 Å². The van der Waals surface area contributed by atoms with E-state index in [1.54, 1.807) is 0 Å². The van der Waals surface area contributed by atoms with Gasteiger partial charge in [-0.2, -0.15) is 0 Å². The molecule has 1 amide bonds. The SMILES string of the molecule is CCC(C)[C@H](N)C(=O)N1CCCC1CN(C)C. The first-order valence-corrected chi connectivity index (χ1v) is 6.68. The van der Waals surface area contributed by atoms with Gasteiger partial charge in [0.15, 0.2) is 0 Å². The Balaban J connectivity index is 2.61. The van der Waals surface area contributed by atoms with Crippen molar-refractivity contribution in [3.8, 4) is 0 Å². The van der Waals surface area contributed by atoms with Crippen molar-refractivity contribution in [1.82, 2.24) is 9.80 Å². The van der Waals surface area contributed by atoms with Crippen molar-refractivity contribution in [2.24, 2.45) is 11.7 Å². The van der Waals surface area contributed by atoms with Crippen LogP contribution in [0, 0.1) is 5.92 Å². The van der Waals surface area contributed by atoms with Crippen LogP contribution in [0.5, 0.6) is 0 Å². The average molecular weight is 241 g/mol. The summed E-state index contributed by atoms with van der Waals surface area (Å²) in [6, 6.07) is 0.0235. The molecule has 0 saturated carbocycles. The van der Waals surface area contributed by atoms with E-state index in [1.165, 1.54) is 0 Å². The molecular formula is C13H27N3O. The van der Waals surface area contributed by atoms with Crippen molar-refractivity contribution < 1.29 is 4.79 Å². The van der Waals surface area contributed by atoms with Crippen molar-refractivity contribution in [3.05, 3.63) is 0 Å². The maximum Gasteiger partial charge on any atom is 0.240 e. The summed E-state index contributed by atoms with van der Waals surface area (Å²) in [5, 5.41) is 0. The molecule has 0 bridgehead atoms. The maximum absolute atomic E-state index is 12.3. The van der Waals surface area contributed by atoms with Gasteiger partial charge in [0.25, 0.3) is 0 Å². The van der Waals surface area contributed by atoms with E-state index < -0.39 is 0 Å². The van der Waals surface area contributed by atoms with Gasteiger partial charge >= 0.3 is 0 Å². The third-order valence-electron chi connectivity index (χ3n) is 3.78. The highest BCUT2D eigenvalue weighted by Gasteiger charge is 2.33. The summed E-state index contributed by atoms with van der Waals surface area (Å²) in [5.74, 6) is 0.409. The number of likely N-dealkylation sites (N-methyl/N-ethyl adjacent to an activating group) is 1. The lowest BCUT2D eigenvalue weighted by molar-refractivity contribution is -0.134. The molecular weight excluding hydrogens is 214 g/mol. The number of hydrogen-bond donors (Lipinski definition) is 1. The lowest BCUT2D eigenvalue weighted by Crippen LogP contribution is -2.50. The zero-order valence-electron chi connectivity index (χ0n) is 11.6. The van der Waals surface area contributed by atoms with Crippen LogP contribution in [-0.2, 0) is 4.79 Å². The number of rotatable bonds is 5. The van der Waals surface area contributed by atoms with Crippen molar-refractivity contribution in [1.29, 1.82) is 0 Å². The van der Waals surface area contributed by atoms with Crippen molar-refractivity contribution in [2.75, 3.05) is 27.2 Å². The van der Waals surface area contributed by atoms with Gasteiger partial charge in [0.1, 0.15) is 0 Å². The van der Waals surface area contributed by atoms with Gasteiger partial charge in [-0.05, 0) is 32.9 Å². The first-order valence-electron chi connectivity index (χ1n) is 6.68. The van der Waals surface area contributed by atoms with Crippen LogP contribution in [0.2, 0.25) is 0 Å². The van der Waals surface area contributed by atoms with Crippen LogP contribution in [0.1, 0.15) is 33.1 Å². The highest BCUT2D eigenvalue weighted by Crippen LogP contribution is 2.20. The molecule has 0 spiro atoms. The highest BCUT2D eigenvalue weighted by atomic mass is 16.2. The fraction of sp³-hybridized carbons (Fsp3) is 0.923. The predicted octanol–water partition coefficient (Wildman–Crippen LogP) is 0.912. The number of nitrogens with zero attached hydrogens (tertiary/aromatic N) is 2. The minimum atomic E-state index is -0.331. The lowest BCUT2D eigenvalue weighted by atomic mass is 9.98. The minimum Gasteiger partial charge on any atom is -0.337 e. The molecule has 17 heavy (non-hydrogen) atoms. The van der Waals surface area contributed by atoms with Crippen LogP contribution in [0.25, 0.3) is 0 Å². The molecule has 0 radical (unpaired) electrons. The standard InChI is InChI=1S/C13H27N3O/c1-5-10(2)12(14)13(17)16-8-6-7-11(16)9-15(3)4/h10-12H,5-9,14H2,1-4H3/t10?,11?,12-/m0/s1. The Labute approximate surface area is 105 Å². The Bertz CT molecular complexity index is 255. The average Bonchev–Trinajstić information content (AvgIpc) is 2.73. The van der Waals surface area contributed by atoms with Crippen LogP contribution >= 0.6 is 0 Å². The third kappa shape index (κ3) is 3.68. The first kappa shape index (κ1) is 14.5. The largest absolute Gasteiger partial charge is 0.337 e. The molecule has 1 saturated heterocycles. The molecule has 4 nitrogen and oxygen atoms in total. The molecule has 2 N–H and O–H groups in total. The summed E-state index contributed by atoms with van der Waals surface area (Å²) in [7, 11) is 4.10. The summed E-state index contributed by atoms with van der Waals surface area (Å²) in [4.78, 5) is 16.5. The molecule has 2 unspecified atom stereocenters. The zero-order valence-corrected chi connectivity index (χ0v) is 11.6. The van der Waals surface area contributed by atoms with E-state index in [-0.39, 0.29) is 17.9 Å². The first-order chi connectivity index (χ1) is 7.97. The molecule has 1 heterocycles. The van der Waals surface area contributed by atoms with E-state index in [4.69, 9.17) is 5.73 Å². The molecule has 1 fully saturated rings.